The third-order valence-corrected chi connectivity index (χ3v) is 4.25. The van der Waals surface area contributed by atoms with E-state index in [2.05, 4.69) is 15.6 Å². The van der Waals surface area contributed by atoms with E-state index in [1.165, 1.54) is 6.07 Å². The zero-order chi connectivity index (χ0) is 22.1. The number of benzene rings is 2. The first-order chi connectivity index (χ1) is 14.3. The van der Waals surface area contributed by atoms with Crippen LogP contribution in [0.3, 0.4) is 0 Å². The molecule has 0 saturated heterocycles. The van der Waals surface area contributed by atoms with Crippen LogP contribution in [-0.4, -0.2) is 33.8 Å². The van der Waals surface area contributed by atoms with Crippen molar-refractivity contribution in [2.24, 2.45) is 4.99 Å². The van der Waals surface area contributed by atoms with Gasteiger partial charge in [0.2, 0.25) is 0 Å². The first kappa shape index (κ1) is 26.7. The Morgan fingerprint density at radius 1 is 0.935 bits per heavy atom. The van der Waals surface area contributed by atoms with Gasteiger partial charge in [0.15, 0.2) is 17.5 Å². The molecule has 2 N–H and O–H groups in total. The van der Waals surface area contributed by atoms with Crippen molar-refractivity contribution >= 4 is 29.9 Å². The molecule has 0 spiro atoms. The van der Waals surface area contributed by atoms with Crippen LogP contribution in [0.4, 0.5) is 13.2 Å². The Labute approximate surface area is 197 Å². The highest BCUT2D eigenvalue weighted by Gasteiger charge is 2.30. The molecule has 0 aliphatic heterocycles. The van der Waals surface area contributed by atoms with Crippen LogP contribution in [0.25, 0.3) is 0 Å². The number of aliphatic imine (C=N–C) groups is 1. The lowest BCUT2D eigenvalue weighted by molar-refractivity contribution is -0.137. The van der Waals surface area contributed by atoms with Gasteiger partial charge in [-0.1, -0.05) is 12.1 Å². The molecule has 0 atom stereocenters. The molecule has 0 fully saturated rings. The number of hydrogen-bond acceptors (Lipinski definition) is 4. The van der Waals surface area contributed by atoms with Crippen LogP contribution in [0.1, 0.15) is 23.6 Å². The van der Waals surface area contributed by atoms with Crippen LogP contribution in [0.5, 0.6) is 17.2 Å². The van der Waals surface area contributed by atoms with Crippen LogP contribution >= 0.6 is 24.0 Å². The molecule has 0 aliphatic rings. The summed E-state index contributed by atoms with van der Waals surface area (Å²) in [4.78, 5) is 4.38. The van der Waals surface area contributed by atoms with E-state index in [4.69, 9.17) is 14.2 Å². The molecule has 6 nitrogen and oxygen atoms in total. The van der Waals surface area contributed by atoms with E-state index in [0.29, 0.717) is 41.9 Å². The molecule has 0 aromatic heterocycles. The van der Waals surface area contributed by atoms with Gasteiger partial charge in [0.25, 0.3) is 0 Å². The molecule has 2 rings (SSSR count). The summed E-state index contributed by atoms with van der Waals surface area (Å²) >= 11 is 0. The summed E-state index contributed by atoms with van der Waals surface area (Å²) in [6.45, 7) is 2.95. The molecule has 0 unspecified atom stereocenters. The Kier molecular flexibility index (Phi) is 10.7. The molecule has 0 saturated carbocycles. The molecular formula is C21H27F3IN3O3. The average molecular weight is 553 g/mol. The van der Waals surface area contributed by atoms with Crippen molar-refractivity contribution < 1.29 is 27.4 Å². The summed E-state index contributed by atoms with van der Waals surface area (Å²) in [5.41, 5.74) is 0.578. The second-order valence-corrected chi connectivity index (χ2v) is 6.27. The van der Waals surface area contributed by atoms with Gasteiger partial charge in [-0.2, -0.15) is 13.2 Å². The second kappa shape index (κ2) is 12.5. The van der Waals surface area contributed by atoms with Gasteiger partial charge < -0.3 is 24.8 Å². The molecule has 31 heavy (non-hydrogen) atoms. The monoisotopic (exact) mass is 553 g/mol. The fourth-order valence-corrected chi connectivity index (χ4v) is 2.77. The predicted molar refractivity (Wildman–Crippen MR) is 125 cm³/mol. The number of alkyl halides is 3. The van der Waals surface area contributed by atoms with E-state index in [1.54, 1.807) is 39.5 Å². The minimum absolute atomic E-state index is 0. The number of hydrogen-bond donors (Lipinski definition) is 2. The zero-order valence-electron chi connectivity index (χ0n) is 17.8. The van der Waals surface area contributed by atoms with Crippen LogP contribution in [0.15, 0.2) is 41.4 Å². The summed E-state index contributed by atoms with van der Waals surface area (Å²) in [6, 6.07) is 8.65. The summed E-state index contributed by atoms with van der Waals surface area (Å²) in [5.74, 6) is 2.17. The summed E-state index contributed by atoms with van der Waals surface area (Å²) in [5, 5.41) is 6.23. The maximum atomic E-state index is 12.9. The number of halogens is 4. The number of nitrogens with zero attached hydrogens (tertiary/aromatic N) is 1. The van der Waals surface area contributed by atoms with E-state index in [0.717, 1.165) is 17.7 Å². The van der Waals surface area contributed by atoms with Crippen molar-refractivity contribution in [1.29, 1.82) is 0 Å². The van der Waals surface area contributed by atoms with E-state index >= 15 is 0 Å². The molecule has 0 radical (unpaired) electrons. The lowest BCUT2D eigenvalue weighted by Crippen LogP contribution is -2.36. The standard InChI is InChI=1S/C21H26F3N3O3.HI/c1-5-25-20(26-12-14-7-6-8-16(9-14)21(22,23)24)27-13-15-10-18(29-3)19(30-4)11-17(15)28-2;/h6-11H,5,12-13H2,1-4H3,(H2,25,26,27);1H. The van der Waals surface area contributed by atoms with Crippen LogP contribution in [0.2, 0.25) is 0 Å². The Morgan fingerprint density at radius 2 is 1.58 bits per heavy atom. The van der Waals surface area contributed by atoms with Gasteiger partial charge in [-0.05, 0) is 30.7 Å². The van der Waals surface area contributed by atoms with Gasteiger partial charge >= 0.3 is 6.18 Å². The SMILES string of the molecule is CCNC(=NCc1cccc(C(F)(F)F)c1)NCc1cc(OC)c(OC)cc1OC.I. The Bertz CT molecular complexity index is 877. The highest BCUT2D eigenvalue weighted by Crippen LogP contribution is 2.34. The van der Waals surface area contributed by atoms with E-state index in [9.17, 15) is 13.2 Å². The van der Waals surface area contributed by atoms with E-state index in [-0.39, 0.29) is 30.5 Å². The number of methoxy groups -OCH3 is 3. The summed E-state index contributed by atoms with van der Waals surface area (Å²) in [7, 11) is 4.64. The Hall–Kier alpha value is -2.37. The molecule has 2 aromatic carbocycles. The minimum atomic E-state index is -4.38. The van der Waals surface area contributed by atoms with E-state index < -0.39 is 11.7 Å². The molecule has 0 amide bonds. The fourth-order valence-electron chi connectivity index (χ4n) is 2.77. The minimum Gasteiger partial charge on any atom is -0.496 e. The smallest absolute Gasteiger partial charge is 0.416 e. The lowest BCUT2D eigenvalue weighted by atomic mass is 10.1. The number of rotatable bonds is 8. The first-order valence-electron chi connectivity index (χ1n) is 9.29. The zero-order valence-corrected chi connectivity index (χ0v) is 20.1. The van der Waals surface area contributed by atoms with Crippen LogP contribution < -0.4 is 24.8 Å². The summed E-state index contributed by atoms with van der Waals surface area (Å²) in [6.07, 6.45) is -4.38. The third-order valence-electron chi connectivity index (χ3n) is 4.25. The average Bonchev–Trinajstić information content (AvgIpc) is 2.74. The fraction of sp³-hybridized carbons (Fsp3) is 0.381. The van der Waals surface area contributed by atoms with Crippen molar-refractivity contribution in [1.82, 2.24) is 10.6 Å². The Morgan fingerprint density at radius 3 is 2.16 bits per heavy atom. The van der Waals surface area contributed by atoms with Crippen molar-refractivity contribution in [2.45, 2.75) is 26.2 Å². The van der Waals surface area contributed by atoms with Gasteiger partial charge in [-0.25, -0.2) is 4.99 Å². The van der Waals surface area contributed by atoms with Crippen molar-refractivity contribution in [2.75, 3.05) is 27.9 Å². The number of nitrogens with one attached hydrogen (secondary N) is 2. The quantitative estimate of drug-likeness (QED) is 0.284. The first-order valence-corrected chi connectivity index (χ1v) is 9.29. The maximum Gasteiger partial charge on any atom is 0.416 e. The molecule has 0 heterocycles. The van der Waals surface area contributed by atoms with Gasteiger partial charge in [-0.15, -0.1) is 24.0 Å². The topological polar surface area (TPSA) is 64.1 Å². The maximum absolute atomic E-state index is 12.9. The molecule has 0 aliphatic carbocycles. The third kappa shape index (κ3) is 7.67. The molecule has 10 heteroatoms. The normalized spacial score (nSPS) is 11.4. The molecule has 0 bridgehead atoms. The largest absolute Gasteiger partial charge is 0.496 e. The number of ether oxygens (including phenoxy) is 3. The summed E-state index contributed by atoms with van der Waals surface area (Å²) < 4.78 is 54.7. The van der Waals surface area contributed by atoms with Crippen LogP contribution in [0, 0.1) is 0 Å². The Balaban J connectivity index is 0.00000480. The van der Waals surface area contributed by atoms with Crippen molar-refractivity contribution in [3.8, 4) is 17.2 Å². The number of guanidine groups is 1. The van der Waals surface area contributed by atoms with Gasteiger partial charge in [0.05, 0.1) is 33.4 Å². The highest BCUT2D eigenvalue weighted by atomic mass is 127. The van der Waals surface area contributed by atoms with Gasteiger partial charge in [-0.3, -0.25) is 0 Å². The van der Waals surface area contributed by atoms with Gasteiger partial charge in [0.1, 0.15) is 5.75 Å². The van der Waals surface area contributed by atoms with Crippen molar-refractivity contribution in [3.63, 3.8) is 0 Å². The molecular weight excluding hydrogens is 526 g/mol. The molecule has 172 valence electrons. The van der Waals surface area contributed by atoms with Gasteiger partial charge in [0, 0.05) is 24.7 Å². The predicted octanol–water partition coefficient (Wildman–Crippen LogP) is 4.60. The lowest BCUT2D eigenvalue weighted by Gasteiger charge is -2.16. The second-order valence-electron chi connectivity index (χ2n) is 6.27. The highest BCUT2D eigenvalue weighted by molar-refractivity contribution is 14.0. The molecule has 2 aromatic rings. The van der Waals surface area contributed by atoms with E-state index in [1.807, 2.05) is 6.92 Å². The van der Waals surface area contributed by atoms with Crippen LogP contribution in [-0.2, 0) is 19.3 Å². The van der Waals surface area contributed by atoms with Crippen molar-refractivity contribution in [3.05, 3.63) is 53.1 Å².